The zero-order chi connectivity index (χ0) is 12.7. The van der Waals surface area contributed by atoms with Gasteiger partial charge >= 0.3 is 5.97 Å². The quantitative estimate of drug-likeness (QED) is 0.322. The van der Waals surface area contributed by atoms with Crippen LogP contribution >= 0.6 is 0 Å². The van der Waals surface area contributed by atoms with Gasteiger partial charge in [-0.1, -0.05) is 0 Å². The smallest absolute Gasteiger partial charge is 0.339 e. The highest BCUT2D eigenvalue weighted by Crippen LogP contribution is 2.07. The molecule has 0 saturated carbocycles. The first kappa shape index (κ1) is 14.6. The Labute approximate surface area is 93.7 Å². The molecule has 6 nitrogen and oxygen atoms in total. The zero-order valence-corrected chi connectivity index (χ0v) is 9.34. The standard InChI is InChI=1S/C10H17NO5/c1-6(12)3-4-8(9(11)14)5-16-10(15)7(2)13/h5-7,12-13H,3-4H2,1-2H3,(H2,11,14)/b8-5+. The molecule has 2 unspecified atom stereocenters. The molecule has 0 fully saturated rings. The van der Waals surface area contributed by atoms with Gasteiger partial charge < -0.3 is 20.7 Å². The Morgan fingerprint density at radius 2 is 1.94 bits per heavy atom. The first-order valence-corrected chi connectivity index (χ1v) is 4.90. The number of aliphatic hydroxyl groups is 2. The summed E-state index contributed by atoms with van der Waals surface area (Å²) in [4.78, 5) is 21.8. The average molecular weight is 231 g/mol. The fourth-order valence-electron chi connectivity index (χ4n) is 0.832. The van der Waals surface area contributed by atoms with Crippen molar-refractivity contribution in [1.82, 2.24) is 0 Å². The number of aliphatic hydroxyl groups excluding tert-OH is 2. The molecule has 2 atom stereocenters. The van der Waals surface area contributed by atoms with Crippen molar-refractivity contribution < 1.29 is 24.5 Å². The van der Waals surface area contributed by atoms with Gasteiger partial charge in [0.05, 0.1) is 11.7 Å². The number of esters is 1. The van der Waals surface area contributed by atoms with E-state index in [9.17, 15) is 9.59 Å². The predicted octanol–water partition coefficient (Wildman–Crippen LogP) is -0.559. The summed E-state index contributed by atoms with van der Waals surface area (Å²) in [6.45, 7) is 2.82. The van der Waals surface area contributed by atoms with Crippen molar-refractivity contribution in [3.05, 3.63) is 11.8 Å². The van der Waals surface area contributed by atoms with Gasteiger partial charge in [-0.05, 0) is 26.7 Å². The van der Waals surface area contributed by atoms with E-state index in [1.54, 1.807) is 6.92 Å². The fraction of sp³-hybridized carbons (Fsp3) is 0.600. The minimum Gasteiger partial charge on any atom is -0.432 e. The maximum absolute atomic E-state index is 10.9. The average Bonchev–Trinajstić information content (AvgIpc) is 2.15. The second kappa shape index (κ2) is 6.97. The van der Waals surface area contributed by atoms with Crippen molar-refractivity contribution in [3.8, 4) is 0 Å². The lowest BCUT2D eigenvalue weighted by molar-refractivity contribution is -0.146. The normalized spacial score (nSPS) is 15.4. The number of amides is 1. The molecule has 16 heavy (non-hydrogen) atoms. The van der Waals surface area contributed by atoms with E-state index < -0.39 is 24.1 Å². The molecule has 0 aromatic rings. The van der Waals surface area contributed by atoms with Crippen molar-refractivity contribution in [2.24, 2.45) is 5.73 Å². The minimum atomic E-state index is -1.26. The summed E-state index contributed by atoms with van der Waals surface area (Å²) >= 11 is 0. The van der Waals surface area contributed by atoms with Crippen LogP contribution in [0.15, 0.2) is 11.8 Å². The lowest BCUT2D eigenvalue weighted by atomic mass is 10.1. The van der Waals surface area contributed by atoms with Gasteiger partial charge in [0.1, 0.15) is 12.4 Å². The molecule has 0 spiro atoms. The molecule has 92 valence electrons. The highest BCUT2D eigenvalue weighted by molar-refractivity contribution is 5.92. The Kier molecular flexibility index (Phi) is 6.36. The Balaban J connectivity index is 4.36. The lowest BCUT2D eigenvalue weighted by Gasteiger charge is -2.06. The number of hydrogen-bond donors (Lipinski definition) is 3. The van der Waals surface area contributed by atoms with Crippen molar-refractivity contribution in [2.75, 3.05) is 0 Å². The summed E-state index contributed by atoms with van der Waals surface area (Å²) in [5.41, 5.74) is 5.14. The van der Waals surface area contributed by atoms with E-state index in [1.807, 2.05) is 0 Å². The third kappa shape index (κ3) is 6.15. The van der Waals surface area contributed by atoms with Crippen LogP contribution in [0.3, 0.4) is 0 Å². The van der Waals surface area contributed by atoms with Crippen molar-refractivity contribution in [3.63, 3.8) is 0 Å². The molecule has 0 aliphatic carbocycles. The molecule has 0 bridgehead atoms. The third-order valence-electron chi connectivity index (χ3n) is 1.81. The molecular formula is C10H17NO5. The topological polar surface area (TPSA) is 110 Å². The molecule has 0 heterocycles. The highest BCUT2D eigenvalue weighted by atomic mass is 16.5. The molecule has 0 aliphatic heterocycles. The van der Waals surface area contributed by atoms with Crippen LogP contribution in [0, 0.1) is 0 Å². The second-order valence-corrected chi connectivity index (χ2v) is 3.51. The molecule has 1 amide bonds. The number of nitrogens with two attached hydrogens (primary N) is 1. The lowest BCUT2D eigenvalue weighted by Crippen LogP contribution is -2.20. The molecule has 6 heteroatoms. The summed E-state index contributed by atoms with van der Waals surface area (Å²) < 4.78 is 4.53. The van der Waals surface area contributed by atoms with Gasteiger partial charge in [0, 0.05) is 0 Å². The van der Waals surface area contributed by atoms with Crippen molar-refractivity contribution in [2.45, 2.75) is 38.9 Å². The maximum atomic E-state index is 10.9. The second-order valence-electron chi connectivity index (χ2n) is 3.51. The van der Waals surface area contributed by atoms with Gasteiger partial charge in [-0.15, -0.1) is 0 Å². The van der Waals surface area contributed by atoms with Gasteiger partial charge in [0.15, 0.2) is 0 Å². The van der Waals surface area contributed by atoms with Crippen molar-refractivity contribution >= 4 is 11.9 Å². The van der Waals surface area contributed by atoms with E-state index in [0.29, 0.717) is 6.42 Å². The summed E-state index contributed by atoms with van der Waals surface area (Å²) in [5, 5.41) is 17.9. The number of carbonyl (C=O) groups excluding carboxylic acids is 2. The van der Waals surface area contributed by atoms with E-state index in [-0.39, 0.29) is 12.0 Å². The summed E-state index contributed by atoms with van der Waals surface area (Å²) in [6.07, 6.45) is -0.377. The minimum absolute atomic E-state index is 0.0925. The first-order valence-electron chi connectivity index (χ1n) is 4.90. The van der Waals surface area contributed by atoms with Crippen LogP contribution in [-0.4, -0.2) is 34.3 Å². The Morgan fingerprint density at radius 1 is 1.38 bits per heavy atom. The summed E-state index contributed by atoms with van der Waals surface area (Å²) in [6, 6.07) is 0. The SMILES string of the molecule is CC(O)CC/C(=C\OC(=O)C(C)O)C(N)=O. The van der Waals surface area contributed by atoms with Crippen LogP contribution in [-0.2, 0) is 14.3 Å². The third-order valence-corrected chi connectivity index (χ3v) is 1.81. The molecular weight excluding hydrogens is 214 g/mol. The van der Waals surface area contributed by atoms with E-state index in [4.69, 9.17) is 15.9 Å². The van der Waals surface area contributed by atoms with E-state index >= 15 is 0 Å². The van der Waals surface area contributed by atoms with Crippen LogP contribution in [0.25, 0.3) is 0 Å². The van der Waals surface area contributed by atoms with Crippen LogP contribution < -0.4 is 5.73 Å². The van der Waals surface area contributed by atoms with E-state index in [2.05, 4.69) is 4.74 Å². The Bertz CT molecular complexity index is 283. The summed E-state index contributed by atoms with van der Waals surface area (Å²) in [5.74, 6) is -1.59. The number of ether oxygens (including phenoxy) is 1. The van der Waals surface area contributed by atoms with Gasteiger partial charge in [0.25, 0.3) is 0 Å². The van der Waals surface area contributed by atoms with Gasteiger partial charge in [0.2, 0.25) is 5.91 Å². The molecule has 0 rings (SSSR count). The van der Waals surface area contributed by atoms with E-state index in [1.165, 1.54) is 6.92 Å². The van der Waals surface area contributed by atoms with Crippen LogP contribution in [0.2, 0.25) is 0 Å². The predicted molar refractivity (Wildman–Crippen MR) is 56.0 cm³/mol. The number of carbonyl (C=O) groups is 2. The Hall–Kier alpha value is -1.40. The molecule has 0 aromatic carbocycles. The number of hydrogen-bond acceptors (Lipinski definition) is 5. The molecule has 0 saturated heterocycles. The number of primary amides is 1. The first-order chi connectivity index (χ1) is 7.34. The van der Waals surface area contributed by atoms with Gasteiger partial charge in [-0.25, -0.2) is 4.79 Å². The van der Waals surface area contributed by atoms with Crippen LogP contribution in [0.5, 0.6) is 0 Å². The number of rotatable bonds is 6. The monoisotopic (exact) mass is 231 g/mol. The molecule has 0 radical (unpaired) electrons. The van der Waals surface area contributed by atoms with E-state index in [0.717, 1.165) is 6.26 Å². The van der Waals surface area contributed by atoms with Crippen LogP contribution in [0.4, 0.5) is 0 Å². The Morgan fingerprint density at radius 3 is 2.31 bits per heavy atom. The molecule has 0 aromatic heterocycles. The van der Waals surface area contributed by atoms with Crippen molar-refractivity contribution in [1.29, 1.82) is 0 Å². The fourth-order valence-corrected chi connectivity index (χ4v) is 0.832. The van der Waals surface area contributed by atoms with Gasteiger partial charge in [-0.2, -0.15) is 0 Å². The largest absolute Gasteiger partial charge is 0.432 e. The molecule has 4 N–H and O–H groups in total. The van der Waals surface area contributed by atoms with Gasteiger partial charge in [-0.3, -0.25) is 4.79 Å². The molecule has 0 aliphatic rings. The maximum Gasteiger partial charge on any atom is 0.339 e. The van der Waals surface area contributed by atoms with Crippen LogP contribution in [0.1, 0.15) is 26.7 Å². The highest BCUT2D eigenvalue weighted by Gasteiger charge is 2.12. The zero-order valence-electron chi connectivity index (χ0n) is 9.34. The summed E-state index contributed by atoms with van der Waals surface area (Å²) in [7, 11) is 0.